The number of nitrogens with one attached hydrogen (secondary N) is 4. The van der Waals surface area contributed by atoms with Crippen molar-refractivity contribution in [2.75, 3.05) is 5.32 Å². The highest BCUT2D eigenvalue weighted by Gasteiger charge is 2.23. The molecule has 3 rings (SSSR count). The van der Waals surface area contributed by atoms with Gasteiger partial charge < -0.3 is 15.6 Å². The van der Waals surface area contributed by atoms with Crippen molar-refractivity contribution >= 4 is 44.5 Å². The number of anilines is 1. The van der Waals surface area contributed by atoms with Gasteiger partial charge in [-0.15, -0.1) is 0 Å². The van der Waals surface area contributed by atoms with Gasteiger partial charge in [-0.1, -0.05) is 35.8 Å². The van der Waals surface area contributed by atoms with E-state index < -0.39 is 6.04 Å². The fraction of sp³-hybridized carbons (Fsp3) is 0.278. The van der Waals surface area contributed by atoms with Crippen LogP contribution in [0.1, 0.15) is 30.8 Å². The highest BCUT2D eigenvalue weighted by Crippen LogP contribution is 2.20. The average molecular weight is 418 g/mol. The molecule has 0 fully saturated rings. The molecule has 26 heavy (non-hydrogen) atoms. The summed E-state index contributed by atoms with van der Waals surface area (Å²) in [4.78, 5) is 28.3. The van der Waals surface area contributed by atoms with Crippen LogP contribution in [0.3, 0.4) is 0 Å². The molecule has 0 saturated heterocycles. The second-order valence-corrected chi connectivity index (χ2v) is 7.45. The monoisotopic (exact) mass is 417 g/mol. The van der Waals surface area contributed by atoms with E-state index in [1.54, 1.807) is 18.3 Å². The molecule has 136 valence electrons. The van der Waals surface area contributed by atoms with Crippen molar-refractivity contribution in [3.63, 3.8) is 0 Å². The molecule has 0 spiro atoms. The Labute approximate surface area is 159 Å². The molecule has 2 heterocycles. The Morgan fingerprint density at radius 1 is 1.23 bits per heavy atom. The van der Waals surface area contributed by atoms with E-state index in [0.717, 1.165) is 15.4 Å². The summed E-state index contributed by atoms with van der Waals surface area (Å²) < 4.78 is 0.926. The summed E-state index contributed by atoms with van der Waals surface area (Å²) in [6, 6.07) is 8.52. The second kappa shape index (κ2) is 7.74. The number of benzene rings is 1. The minimum atomic E-state index is -0.649. The van der Waals surface area contributed by atoms with E-state index in [0.29, 0.717) is 17.9 Å². The summed E-state index contributed by atoms with van der Waals surface area (Å²) in [5.41, 5.74) is 1.27. The number of carbonyl (C=O) groups is 2. The Hall–Kier alpha value is -2.61. The molecule has 0 unspecified atom stereocenters. The summed E-state index contributed by atoms with van der Waals surface area (Å²) in [6.45, 7) is 4.01. The van der Waals surface area contributed by atoms with Crippen LogP contribution in [0.15, 0.2) is 41.0 Å². The van der Waals surface area contributed by atoms with Gasteiger partial charge in [0.2, 0.25) is 5.91 Å². The molecule has 0 aliphatic carbocycles. The lowest BCUT2D eigenvalue weighted by molar-refractivity contribution is -0.118. The van der Waals surface area contributed by atoms with Crippen LogP contribution in [0, 0.1) is 5.92 Å². The number of carbonyl (C=O) groups excluding carboxylic acids is 2. The molecule has 7 nitrogen and oxygen atoms in total. The van der Waals surface area contributed by atoms with Gasteiger partial charge in [0.25, 0.3) is 5.91 Å². The Morgan fingerprint density at radius 2 is 2.04 bits per heavy atom. The third-order valence-corrected chi connectivity index (χ3v) is 4.41. The number of aromatic amines is 2. The molecule has 2 aromatic heterocycles. The standard InChI is InChI=1S/C18H20BrN5O2/c1-10(2)7-14(18(26)23-16-5-6-20-24-16)22-17(25)15-8-11-3-4-12(19)9-13(11)21-15/h3-6,8-10,14,21H,7H2,1-2H3,(H,22,25)(H2,20,23,24,26)/t14-/m0/s1. The van der Waals surface area contributed by atoms with Crippen molar-refractivity contribution < 1.29 is 9.59 Å². The van der Waals surface area contributed by atoms with Gasteiger partial charge in [-0.05, 0) is 30.5 Å². The fourth-order valence-electron chi connectivity index (χ4n) is 2.71. The highest BCUT2D eigenvalue weighted by molar-refractivity contribution is 9.10. The summed E-state index contributed by atoms with van der Waals surface area (Å²) in [5.74, 6) is 0.137. The molecule has 1 atom stereocenters. The van der Waals surface area contributed by atoms with Crippen molar-refractivity contribution in [3.05, 3.63) is 46.7 Å². The van der Waals surface area contributed by atoms with Gasteiger partial charge in [0.1, 0.15) is 17.6 Å². The van der Waals surface area contributed by atoms with E-state index in [9.17, 15) is 9.59 Å². The van der Waals surface area contributed by atoms with Crippen LogP contribution in [-0.2, 0) is 4.79 Å². The van der Waals surface area contributed by atoms with Crippen molar-refractivity contribution in [2.45, 2.75) is 26.3 Å². The first-order chi connectivity index (χ1) is 12.4. The third-order valence-electron chi connectivity index (χ3n) is 3.92. The summed E-state index contributed by atoms with van der Waals surface area (Å²) in [5, 5.41) is 13.0. The van der Waals surface area contributed by atoms with Crippen molar-refractivity contribution in [1.82, 2.24) is 20.5 Å². The van der Waals surface area contributed by atoms with Gasteiger partial charge in [0.15, 0.2) is 0 Å². The van der Waals surface area contributed by atoms with E-state index in [-0.39, 0.29) is 17.7 Å². The molecular formula is C18H20BrN5O2. The minimum Gasteiger partial charge on any atom is -0.350 e. The lowest BCUT2D eigenvalue weighted by Gasteiger charge is -2.19. The van der Waals surface area contributed by atoms with Crippen LogP contribution >= 0.6 is 15.9 Å². The van der Waals surface area contributed by atoms with E-state index in [1.807, 2.05) is 32.0 Å². The number of hydrogen-bond acceptors (Lipinski definition) is 3. The van der Waals surface area contributed by atoms with Crippen LogP contribution < -0.4 is 10.6 Å². The van der Waals surface area contributed by atoms with Crippen LogP contribution in [-0.4, -0.2) is 33.0 Å². The number of rotatable bonds is 6. The SMILES string of the molecule is CC(C)C[C@H](NC(=O)c1cc2ccc(Br)cc2[nH]1)C(=O)Nc1ccn[nH]1. The smallest absolute Gasteiger partial charge is 0.268 e. The lowest BCUT2D eigenvalue weighted by atomic mass is 10.0. The molecule has 1 aromatic carbocycles. The Kier molecular flexibility index (Phi) is 5.41. The molecule has 3 aromatic rings. The third kappa shape index (κ3) is 4.32. The number of nitrogens with zero attached hydrogens (tertiary/aromatic N) is 1. The zero-order chi connectivity index (χ0) is 18.7. The predicted molar refractivity (Wildman–Crippen MR) is 104 cm³/mol. The molecule has 0 aliphatic heterocycles. The Morgan fingerprint density at radius 3 is 2.73 bits per heavy atom. The zero-order valence-electron chi connectivity index (χ0n) is 14.5. The summed E-state index contributed by atoms with van der Waals surface area (Å²) in [6.07, 6.45) is 2.08. The first-order valence-electron chi connectivity index (χ1n) is 8.31. The number of amides is 2. The molecular weight excluding hydrogens is 398 g/mol. The van der Waals surface area contributed by atoms with Crippen LogP contribution in [0.4, 0.5) is 5.82 Å². The number of fused-ring (bicyclic) bond motifs is 1. The van der Waals surface area contributed by atoms with Crippen molar-refractivity contribution in [2.24, 2.45) is 5.92 Å². The molecule has 0 radical (unpaired) electrons. The number of H-pyrrole nitrogens is 2. The highest BCUT2D eigenvalue weighted by atomic mass is 79.9. The molecule has 4 N–H and O–H groups in total. The first kappa shape index (κ1) is 18.2. The van der Waals surface area contributed by atoms with Gasteiger partial charge in [-0.2, -0.15) is 5.10 Å². The predicted octanol–water partition coefficient (Wildman–Crippen LogP) is 3.44. The first-order valence-corrected chi connectivity index (χ1v) is 9.11. The fourth-order valence-corrected chi connectivity index (χ4v) is 3.07. The summed E-state index contributed by atoms with van der Waals surface area (Å²) >= 11 is 3.41. The maximum absolute atomic E-state index is 12.6. The van der Waals surface area contributed by atoms with Crippen LogP contribution in [0.25, 0.3) is 10.9 Å². The maximum atomic E-state index is 12.6. The van der Waals surface area contributed by atoms with Gasteiger partial charge in [-0.25, -0.2) is 0 Å². The van der Waals surface area contributed by atoms with E-state index in [2.05, 4.69) is 41.7 Å². The van der Waals surface area contributed by atoms with E-state index in [1.165, 1.54) is 0 Å². The number of aromatic nitrogens is 3. The number of hydrogen-bond donors (Lipinski definition) is 4. The van der Waals surface area contributed by atoms with E-state index >= 15 is 0 Å². The topological polar surface area (TPSA) is 103 Å². The van der Waals surface area contributed by atoms with Gasteiger partial charge in [0.05, 0.1) is 6.20 Å². The Balaban J connectivity index is 1.76. The normalized spacial score (nSPS) is 12.3. The van der Waals surface area contributed by atoms with Crippen molar-refractivity contribution in [1.29, 1.82) is 0 Å². The number of halogens is 1. The molecule has 2 amide bonds. The minimum absolute atomic E-state index is 0.242. The molecule has 0 aliphatic rings. The largest absolute Gasteiger partial charge is 0.350 e. The average Bonchev–Trinajstić information content (AvgIpc) is 3.22. The van der Waals surface area contributed by atoms with Gasteiger partial charge in [0, 0.05) is 21.4 Å². The summed E-state index contributed by atoms with van der Waals surface area (Å²) in [7, 11) is 0. The molecule has 0 saturated carbocycles. The second-order valence-electron chi connectivity index (χ2n) is 6.53. The maximum Gasteiger partial charge on any atom is 0.268 e. The van der Waals surface area contributed by atoms with Crippen molar-refractivity contribution in [3.8, 4) is 0 Å². The quantitative estimate of drug-likeness (QED) is 0.493. The van der Waals surface area contributed by atoms with Crippen LogP contribution in [0.2, 0.25) is 0 Å². The zero-order valence-corrected chi connectivity index (χ0v) is 16.1. The molecule has 0 bridgehead atoms. The van der Waals surface area contributed by atoms with E-state index in [4.69, 9.17) is 0 Å². The van der Waals surface area contributed by atoms with Gasteiger partial charge >= 0.3 is 0 Å². The Bertz CT molecular complexity index is 917. The van der Waals surface area contributed by atoms with Crippen LogP contribution in [0.5, 0.6) is 0 Å². The lowest BCUT2D eigenvalue weighted by Crippen LogP contribution is -2.44. The van der Waals surface area contributed by atoms with Gasteiger partial charge in [-0.3, -0.25) is 14.7 Å². The molecule has 8 heteroatoms.